The van der Waals surface area contributed by atoms with Gasteiger partial charge in [-0.1, -0.05) is 133 Å². The third-order valence-electron chi connectivity index (χ3n) is 10.9. The minimum absolute atomic E-state index is 0.862. The molecule has 2 aromatic heterocycles. The maximum absolute atomic E-state index is 6.37. The van der Waals surface area contributed by atoms with Gasteiger partial charge in [-0.2, -0.15) is 0 Å². The van der Waals surface area contributed by atoms with Crippen molar-refractivity contribution in [2.45, 2.75) is 0 Å². The summed E-state index contributed by atoms with van der Waals surface area (Å²) in [7, 11) is 0. The van der Waals surface area contributed by atoms with Gasteiger partial charge in [-0.15, -0.1) is 0 Å². The average molecular weight is 704 g/mol. The van der Waals surface area contributed by atoms with E-state index in [-0.39, 0.29) is 0 Å². The molecule has 0 radical (unpaired) electrons. The van der Waals surface area contributed by atoms with Gasteiger partial charge in [0.2, 0.25) is 0 Å². The number of hydrogen-bond donors (Lipinski definition) is 0. The van der Waals surface area contributed by atoms with Crippen molar-refractivity contribution in [3.8, 4) is 33.4 Å². The van der Waals surface area contributed by atoms with Crippen molar-refractivity contribution in [2.75, 3.05) is 4.90 Å². The zero-order chi connectivity index (χ0) is 36.3. The summed E-state index contributed by atoms with van der Waals surface area (Å²) >= 11 is 0. The van der Waals surface area contributed by atoms with Crippen LogP contribution < -0.4 is 4.90 Å². The molecule has 0 spiro atoms. The first-order chi connectivity index (χ1) is 27.2. The highest BCUT2D eigenvalue weighted by molar-refractivity contribution is 6.14. The van der Waals surface area contributed by atoms with Crippen molar-refractivity contribution in [3.63, 3.8) is 0 Å². The van der Waals surface area contributed by atoms with Gasteiger partial charge in [0.1, 0.15) is 22.3 Å². The quantitative estimate of drug-likeness (QED) is 0.173. The molecule has 3 heteroatoms. The third kappa shape index (κ3) is 5.28. The second-order valence-corrected chi connectivity index (χ2v) is 14.1. The SMILES string of the molecule is c1cc(-c2ccc(N(c3ccc(-c4cccc5oc6ccccc6c45)cc3)c3cccc4oc5ccccc5c34)cc2)cc(-c2ccc3ccccc3c2)c1. The Morgan fingerprint density at radius 2 is 0.818 bits per heavy atom. The van der Waals surface area contributed by atoms with Gasteiger partial charge in [-0.25, -0.2) is 0 Å². The molecular weight excluding hydrogens is 671 g/mol. The molecule has 0 fully saturated rings. The summed E-state index contributed by atoms with van der Waals surface area (Å²) in [5.41, 5.74) is 13.7. The minimum Gasteiger partial charge on any atom is -0.456 e. The predicted molar refractivity (Wildman–Crippen MR) is 229 cm³/mol. The van der Waals surface area contributed by atoms with Crippen LogP contribution in [0.3, 0.4) is 0 Å². The number of fused-ring (bicyclic) bond motifs is 7. The minimum atomic E-state index is 0.862. The Hall–Kier alpha value is -7.36. The van der Waals surface area contributed by atoms with Gasteiger partial charge in [-0.3, -0.25) is 0 Å². The van der Waals surface area contributed by atoms with Gasteiger partial charge in [0.25, 0.3) is 0 Å². The zero-order valence-electron chi connectivity index (χ0n) is 29.8. The van der Waals surface area contributed by atoms with Gasteiger partial charge in [0.05, 0.1) is 11.1 Å². The molecule has 258 valence electrons. The second-order valence-electron chi connectivity index (χ2n) is 14.1. The average Bonchev–Trinajstić information content (AvgIpc) is 3.83. The molecule has 0 saturated carbocycles. The lowest BCUT2D eigenvalue weighted by atomic mass is 9.97. The van der Waals surface area contributed by atoms with Crippen molar-refractivity contribution in [3.05, 3.63) is 200 Å². The van der Waals surface area contributed by atoms with E-state index in [2.05, 4.69) is 175 Å². The monoisotopic (exact) mass is 703 g/mol. The lowest BCUT2D eigenvalue weighted by Gasteiger charge is -2.26. The molecule has 11 aromatic rings. The van der Waals surface area contributed by atoms with Gasteiger partial charge in [-0.05, 0) is 111 Å². The summed E-state index contributed by atoms with van der Waals surface area (Å²) in [6, 6.07) is 71.0. The fourth-order valence-corrected chi connectivity index (χ4v) is 8.22. The first kappa shape index (κ1) is 31.2. The predicted octanol–water partition coefficient (Wildman–Crippen LogP) is 15.1. The van der Waals surface area contributed by atoms with Crippen LogP contribution in [-0.2, 0) is 0 Å². The van der Waals surface area contributed by atoms with Crippen LogP contribution in [0.2, 0.25) is 0 Å². The summed E-state index contributed by atoms with van der Waals surface area (Å²) in [6.45, 7) is 0. The fraction of sp³-hybridized carbons (Fsp3) is 0. The van der Waals surface area contributed by atoms with Gasteiger partial charge in [0.15, 0.2) is 0 Å². The number of nitrogens with zero attached hydrogens (tertiary/aromatic N) is 1. The molecule has 3 nitrogen and oxygen atoms in total. The maximum atomic E-state index is 6.37. The summed E-state index contributed by atoms with van der Waals surface area (Å²) in [5.74, 6) is 0. The van der Waals surface area contributed by atoms with Crippen LogP contribution in [0, 0.1) is 0 Å². The van der Waals surface area contributed by atoms with Crippen LogP contribution in [0.5, 0.6) is 0 Å². The molecule has 0 aliphatic rings. The fourth-order valence-electron chi connectivity index (χ4n) is 8.22. The van der Waals surface area contributed by atoms with E-state index in [9.17, 15) is 0 Å². The van der Waals surface area contributed by atoms with E-state index in [1.165, 1.54) is 27.5 Å². The number of furan rings is 2. The van der Waals surface area contributed by atoms with E-state index in [0.717, 1.165) is 77.6 Å². The van der Waals surface area contributed by atoms with Crippen molar-refractivity contribution in [2.24, 2.45) is 0 Å². The Morgan fingerprint density at radius 3 is 1.55 bits per heavy atom. The van der Waals surface area contributed by atoms with Gasteiger partial charge < -0.3 is 13.7 Å². The smallest absolute Gasteiger partial charge is 0.137 e. The van der Waals surface area contributed by atoms with Crippen molar-refractivity contribution >= 4 is 71.7 Å². The largest absolute Gasteiger partial charge is 0.456 e. The highest BCUT2D eigenvalue weighted by Gasteiger charge is 2.20. The van der Waals surface area contributed by atoms with Gasteiger partial charge in [0, 0.05) is 27.5 Å². The molecule has 11 rings (SSSR count). The standard InChI is InChI=1S/C52H33NO2/c1-2-11-37-33-40(23-22-34(37)10-1)39-13-7-12-38(32-39)35-24-28-41(29-25-35)53(46-17-9-21-50-52(46)45-15-4-6-19-48(45)55-50)42-30-26-36(27-31-42)43-16-8-20-49-51(43)44-14-3-5-18-47(44)54-49/h1-33H. The summed E-state index contributed by atoms with van der Waals surface area (Å²) in [5, 5.41) is 6.94. The van der Waals surface area contributed by atoms with Crippen LogP contribution in [0.4, 0.5) is 17.1 Å². The van der Waals surface area contributed by atoms with E-state index in [0.29, 0.717) is 0 Å². The topological polar surface area (TPSA) is 29.5 Å². The Kier molecular flexibility index (Phi) is 7.17. The number of rotatable bonds is 6. The Morgan fingerprint density at radius 1 is 0.309 bits per heavy atom. The Labute approximate surface area is 317 Å². The molecule has 0 aliphatic carbocycles. The van der Waals surface area contributed by atoms with Gasteiger partial charge >= 0.3 is 0 Å². The lowest BCUT2D eigenvalue weighted by molar-refractivity contribution is 0.668. The molecule has 0 atom stereocenters. The Bertz CT molecular complexity index is 3200. The second kappa shape index (κ2) is 12.6. The van der Waals surface area contributed by atoms with E-state index >= 15 is 0 Å². The Balaban J connectivity index is 1.02. The van der Waals surface area contributed by atoms with Crippen LogP contribution in [-0.4, -0.2) is 0 Å². The van der Waals surface area contributed by atoms with E-state index in [1.807, 2.05) is 30.3 Å². The number of anilines is 3. The summed E-state index contributed by atoms with van der Waals surface area (Å²) < 4.78 is 12.6. The zero-order valence-corrected chi connectivity index (χ0v) is 29.8. The molecule has 0 N–H and O–H groups in total. The third-order valence-corrected chi connectivity index (χ3v) is 10.9. The van der Waals surface area contributed by atoms with Crippen molar-refractivity contribution < 1.29 is 8.83 Å². The van der Waals surface area contributed by atoms with E-state index < -0.39 is 0 Å². The first-order valence-corrected chi connectivity index (χ1v) is 18.7. The number of hydrogen-bond acceptors (Lipinski definition) is 3. The lowest BCUT2D eigenvalue weighted by Crippen LogP contribution is -2.10. The summed E-state index contributed by atoms with van der Waals surface area (Å²) in [4.78, 5) is 2.34. The van der Waals surface area contributed by atoms with Crippen molar-refractivity contribution in [1.82, 2.24) is 0 Å². The van der Waals surface area contributed by atoms with Crippen LogP contribution >= 0.6 is 0 Å². The van der Waals surface area contributed by atoms with Crippen LogP contribution in [0.15, 0.2) is 209 Å². The molecule has 0 amide bonds. The molecule has 0 aliphatic heterocycles. The number of para-hydroxylation sites is 2. The van der Waals surface area contributed by atoms with E-state index in [1.54, 1.807) is 0 Å². The molecule has 9 aromatic carbocycles. The van der Waals surface area contributed by atoms with E-state index in [4.69, 9.17) is 8.83 Å². The molecule has 0 unspecified atom stereocenters. The normalized spacial score (nSPS) is 11.6. The molecule has 0 bridgehead atoms. The highest BCUT2D eigenvalue weighted by atomic mass is 16.3. The highest BCUT2D eigenvalue weighted by Crippen LogP contribution is 2.44. The summed E-state index contributed by atoms with van der Waals surface area (Å²) in [6.07, 6.45) is 0. The van der Waals surface area contributed by atoms with Crippen LogP contribution in [0.1, 0.15) is 0 Å². The molecule has 0 saturated heterocycles. The molecule has 2 heterocycles. The van der Waals surface area contributed by atoms with Crippen LogP contribution in [0.25, 0.3) is 88.0 Å². The van der Waals surface area contributed by atoms with Crippen molar-refractivity contribution in [1.29, 1.82) is 0 Å². The maximum Gasteiger partial charge on any atom is 0.137 e. The first-order valence-electron chi connectivity index (χ1n) is 18.7. The molecule has 55 heavy (non-hydrogen) atoms. The molecular formula is C52H33NO2. The number of benzene rings is 9.